The molecule has 2 amide bonds. The van der Waals surface area contributed by atoms with Crippen LogP contribution in [0.15, 0.2) is 48.5 Å². The van der Waals surface area contributed by atoms with E-state index in [0.717, 1.165) is 16.9 Å². The van der Waals surface area contributed by atoms with E-state index in [1.54, 1.807) is 21.0 Å². The van der Waals surface area contributed by atoms with Crippen molar-refractivity contribution in [2.24, 2.45) is 5.41 Å². The molecule has 0 heterocycles. The van der Waals surface area contributed by atoms with Gasteiger partial charge in [0.25, 0.3) is 0 Å². The van der Waals surface area contributed by atoms with Crippen molar-refractivity contribution >= 4 is 17.5 Å². The molecule has 0 unspecified atom stereocenters. The first kappa shape index (κ1) is 19.5. The molecule has 0 spiro atoms. The highest BCUT2D eigenvalue weighted by molar-refractivity contribution is 6.09. The second kappa shape index (κ2) is 8.52. The summed E-state index contributed by atoms with van der Waals surface area (Å²) in [5, 5.41) is 5.66. The highest BCUT2D eigenvalue weighted by atomic mass is 16.5. The monoisotopic (exact) mass is 354 g/mol. The van der Waals surface area contributed by atoms with Gasteiger partial charge in [0.2, 0.25) is 11.8 Å². The van der Waals surface area contributed by atoms with E-state index >= 15 is 0 Å². The number of carbonyl (C=O) groups is 2. The summed E-state index contributed by atoms with van der Waals surface area (Å²) in [6.07, 6.45) is 0.686. The van der Waals surface area contributed by atoms with Gasteiger partial charge in [-0.05, 0) is 62.6 Å². The van der Waals surface area contributed by atoms with E-state index in [9.17, 15) is 9.59 Å². The minimum Gasteiger partial charge on any atom is -0.497 e. The van der Waals surface area contributed by atoms with Crippen molar-refractivity contribution in [1.29, 1.82) is 0 Å². The quantitative estimate of drug-likeness (QED) is 0.750. The first-order chi connectivity index (χ1) is 12.3. The van der Waals surface area contributed by atoms with Crippen LogP contribution in [0, 0.1) is 12.3 Å². The molecule has 0 radical (unpaired) electrons. The number of aryl methyl sites for hydroxylation is 1. The minimum absolute atomic E-state index is 0.295. The Morgan fingerprint density at radius 3 is 2.35 bits per heavy atom. The van der Waals surface area contributed by atoms with Crippen LogP contribution in [0.4, 0.5) is 5.69 Å². The van der Waals surface area contributed by atoms with Crippen LogP contribution >= 0.6 is 0 Å². The Morgan fingerprint density at radius 1 is 1.04 bits per heavy atom. The van der Waals surface area contributed by atoms with Crippen molar-refractivity contribution in [2.75, 3.05) is 19.0 Å². The maximum absolute atomic E-state index is 12.5. The van der Waals surface area contributed by atoms with Crippen molar-refractivity contribution in [3.63, 3.8) is 0 Å². The lowest BCUT2D eigenvalue weighted by atomic mass is 9.90. The summed E-state index contributed by atoms with van der Waals surface area (Å²) < 4.78 is 5.12. The molecule has 5 nitrogen and oxygen atoms in total. The smallest absolute Gasteiger partial charge is 0.239 e. The Bertz CT molecular complexity index is 767. The second-order valence-corrected chi connectivity index (χ2v) is 6.80. The first-order valence-electron chi connectivity index (χ1n) is 8.62. The summed E-state index contributed by atoms with van der Waals surface area (Å²) in [5.41, 5.74) is 1.66. The van der Waals surface area contributed by atoms with Gasteiger partial charge in [0.1, 0.15) is 11.2 Å². The number of anilines is 1. The molecule has 0 aliphatic rings. The Hall–Kier alpha value is -2.82. The molecule has 0 aromatic heterocycles. The molecule has 2 rings (SSSR count). The Kier molecular flexibility index (Phi) is 6.39. The number of amides is 2. The van der Waals surface area contributed by atoms with E-state index in [1.165, 1.54) is 0 Å². The predicted octanol–water partition coefficient (Wildman–Crippen LogP) is 3.33. The van der Waals surface area contributed by atoms with Crippen molar-refractivity contribution in [3.8, 4) is 5.75 Å². The molecule has 0 aliphatic carbocycles. The standard InChI is InChI=1S/C21H26N2O3/c1-15-6-5-7-17(14-15)23-20(25)21(2,3)19(24)22-13-12-16-8-10-18(26-4)11-9-16/h5-11,14H,12-13H2,1-4H3,(H,22,24)(H,23,25). The van der Waals surface area contributed by atoms with Gasteiger partial charge >= 0.3 is 0 Å². The summed E-state index contributed by atoms with van der Waals surface area (Å²) in [5.74, 6) is 0.174. The van der Waals surface area contributed by atoms with Crippen molar-refractivity contribution in [3.05, 3.63) is 59.7 Å². The average Bonchev–Trinajstić information content (AvgIpc) is 2.62. The number of rotatable bonds is 7. The lowest BCUT2D eigenvalue weighted by molar-refractivity contribution is -0.138. The van der Waals surface area contributed by atoms with Crippen LogP contribution in [0.2, 0.25) is 0 Å². The molecular weight excluding hydrogens is 328 g/mol. The predicted molar refractivity (Wildman–Crippen MR) is 103 cm³/mol. The van der Waals surface area contributed by atoms with Crippen LogP contribution in [0.3, 0.4) is 0 Å². The van der Waals surface area contributed by atoms with Crippen LogP contribution in [0.5, 0.6) is 5.75 Å². The third-order valence-corrected chi connectivity index (χ3v) is 4.27. The van der Waals surface area contributed by atoms with Gasteiger partial charge in [0, 0.05) is 12.2 Å². The van der Waals surface area contributed by atoms with E-state index in [1.807, 2.05) is 55.5 Å². The molecule has 0 atom stereocenters. The molecule has 2 aromatic rings. The molecule has 26 heavy (non-hydrogen) atoms. The summed E-state index contributed by atoms with van der Waals surface area (Å²) in [4.78, 5) is 25.0. The topological polar surface area (TPSA) is 67.4 Å². The third-order valence-electron chi connectivity index (χ3n) is 4.27. The Morgan fingerprint density at radius 2 is 1.73 bits per heavy atom. The van der Waals surface area contributed by atoms with Gasteiger partial charge in [-0.15, -0.1) is 0 Å². The minimum atomic E-state index is -1.16. The normalized spacial score (nSPS) is 10.9. The largest absolute Gasteiger partial charge is 0.497 e. The summed E-state index contributed by atoms with van der Waals surface area (Å²) >= 11 is 0. The maximum Gasteiger partial charge on any atom is 0.239 e. The van der Waals surface area contributed by atoms with E-state index in [2.05, 4.69) is 10.6 Å². The SMILES string of the molecule is COc1ccc(CCNC(=O)C(C)(C)C(=O)Nc2cccc(C)c2)cc1. The number of hydrogen-bond acceptors (Lipinski definition) is 3. The van der Waals surface area contributed by atoms with Gasteiger partial charge in [-0.25, -0.2) is 0 Å². The van der Waals surface area contributed by atoms with Crippen LogP contribution in [0.1, 0.15) is 25.0 Å². The van der Waals surface area contributed by atoms with Crippen molar-refractivity contribution < 1.29 is 14.3 Å². The molecule has 2 aromatic carbocycles. The fourth-order valence-corrected chi connectivity index (χ4v) is 2.45. The fraction of sp³-hybridized carbons (Fsp3) is 0.333. The third kappa shape index (κ3) is 5.09. The number of carbonyl (C=O) groups excluding carboxylic acids is 2. The van der Waals surface area contributed by atoms with Crippen LogP contribution in [-0.4, -0.2) is 25.5 Å². The van der Waals surface area contributed by atoms with Crippen LogP contribution < -0.4 is 15.4 Å². The van der Waals surface area contributed by atoms with E-state index in [4.69, 9.17) is 4.74 Å². The van der Waals surface area contributed by atoms with Crippen molar-refractivity contribution in [1.82, 2.24) is 5.32 Å². The Balaban J connectivity index is 1.88. The molecule has 0 saturated carbocycles. The fourth-order valence-electron chi connectivity index (χ4n) is 2.45. The van der Waals surface area contributed by atoms with E-state index in [0.29, 0.717) is 18.7 Å². The molecule has 0 aliphatic heterocycles. The molecule has 0 bridgehead atoms. The molecule has 0 fully saturated rings. The summed E-state index contributed by atoms with van der Waals surface area (Å²) in [7, 11) is 1.62. The number of ether oxygens (including phenoxy) is 1. The Labute approximate surface area is 154 Å². The second-order valence-electron chi connectivity index (χ2n) is 6.80. The average molecular weight is 354 g/mol. The number of nitrogens with one attached hydrogen (secondary N) is 2. The lowest BCUT2D eigenvalue weighted by Crippen LogP contribution is -2.45. The maximum atomic E-state index is 12.5. The summed E-state index contributed by atoms with van der Waals surface area (Å²) in [6.45, 7) is 5.67. The first-order valence-corrected chi connectivity index (χ1v) is 8.62. The lowest BCUT2D eigenvalue weighted by Gasteiger charge is -2.23. The van der Waals surface area contributed by atoms with Crippen LogP contribution in [0.25, 0.3) is 0 Å². The van der Waals surface area contributed by atoms with E-state index in [-0.39, 0.29) is 11.8 Å². The molecular formula is C21H26N2O3. The number of methoxy groups -OCH3 is 1. The van der Waals surface area contributed by atoms with Gasteiger partial charge in [-0.3, -0.25) is 9.59 Å². The van der Waals surface area contributed by atoms with Crippen LogP contribution in [-0.2, 0) is 16.0 Å². The van der Waals surface area contributed by atoms with E-state index < -0.39 is 5.41 Å². The zero-order valence-electron chi connectivity index (χ0n) is 15.8. The van der Waals surface area contributed by atoms with Crippen molar-refractivity contribution in [2.45, 2.75) is 27.2 Å². The van der Waals surface area contributed by atoms with Gasteiger partial charge in [0.05, 0.1) is 7.11 Å². The number of hydrogen-bond donors (Lipinski definition) is 2. The highest BCUT2D eigenvalue weighted by Crippen LogP contribution is 2.20. The molecule has 2 N–H and O–H groups in total. The highest BCUT2D eigenvalue weighted by Gasteiger charge is 2.35. The zero-order valence-corrected chi connectivity index (χ0v) is 15.8. The van der Waals surface area contributed by atoms with Gasteiger partial charge in [0.15, 0.2) is 0 Å². The molecule has 0 saturated heterocycles. The molecule has 138 valence electrons. The van der Waals surface area contributed by atoms with Gasteiger partial charge < -0.3 is 15.4 Å². The number of benzene rings is 2. The zero-order chi connectivity index (χ0) is 19.2. The van der Waals surface area contributed by atoms with Gasteiger partial charge in [-0.1, -0.05) is 24.3 Å². The summed E-state index contributed by atoms with van der Waals surface area (Å²) in [6, 6.07) is 15.2. The van der Waals surface area contributed by atoms with Gasteiger partial charge in [-0.2, -0.15) is 0 Å². The molecule has 5 heteroatoms.